The van der Waals surface area contributed by atoms with Crippen molar-refractivity contribution >= 4 is 0 Å². The standard InChI is InChI=1S/C6H6/c1-2-6-3-5(1)4-6/h1,5H,3-4H2. The first-order chi connectivity index (χ1) is 2.95. The molecule has 0 aromatic heterocycles. The highest BCUT2D eigenvalue weighted by Gasteiger charge is 2.23. The number of allylic oxidation sites excluding steroid dienone is 1. The number of hydrogen-bond acceptors (Lipinski definition) is 0. The number of rotatable bonds is 0. The van der Waals surface area contributed by atoms with E-state index < -0.39 is 0 Å². The zero-order valence-electron chi connectivity index (χ0n) is 3.57. The zero-order chi connectivity index (χ0) is 3.98. The van der Waals surface area contributed by atoms with Gasteiger partial charge in [0, 0.05) is 0 Å². The molecule has 0 aromatic rings. The molecule has 2 bridgehead atoms. The Labute approximate surface area is 37.2 Å². The van der Waals surface area contributed by atoms with Crippen LogP contribution in [0.15, 0.2) is 17.4 Å². The van der Waals surface area contributed by atoms with Gasteiger partial charge >= 0.3 is 0 Å². The molecule has 0 nitrogen and oxygen atoms in total. The van der Waals surface area contributed by atoms with Crippen molar-refractivity contribution in [1.82, 2.24) is 0 Å². The van der Waals surface area contributed by atoms with Gasteiger partial charge in [0.2, 0.25) is 0 Å². The highest BCUT2D eigenvalue weighted by Crippen LogP contribution is 2.37. The van der Waals surface area contributed by atoms with Gasteiger partial charge in [0.1, 0.15) is 0 Å². The van der Waals surface area contributed by atoms with E-state index in [1.165, 1.54) is 12.8 Å². The Morgan fingerprint density at radius 1 is 1.67 bits per heavy atom. The molecule has 1 saturated carbocycles. The van der Waals surface area contributed by atoms with Crippen LogP contribution in [0, 0.1) is 5.92 Å². The fourth-order valence-electron chi connectivity index (χ4n) is 1.04. The van der Waals surface area contributed by atoms with Crippen molar-refractivity contribution in [2.45, 2.75) is 12.8 Å². The van der Waals surface area contributed by atoms with Crippen LogP contribution >= 0.6 is 0 Å². The van der Waals surface area contributed by atoms with Crippen molar-refractivity contribution in [2.24, 2.45) is 5.92 Å². The molecular weight excluding hydrogens is 72.1 g/mol. The van der Waals surface area contributed by atoms with E-state index in [1.807, 2.05) is 0 Å². The molecule has 0 spiro atoms. The Morgan fingerprint density at radius 2 is 2.50 bits per heavy atom. The van der Waals surface area contributed by atoms with E-state index in [2.05, 4.69) is 11.8 Å². The van der Waals surface area contributed by atoms with E-state index in [1.54, 1.807) is 5.57 Å². The second-order valence-corrected chi connectivity index (χ2v) is 2.08. The van der Waals surface area contributed by atoms with Crippen LogP contribution in [0.2, 0.25) is 0 Å². The fraction of sp³-hybridized carbons (Fsp3) is 0.500. The average molecular weight is 78.1 g/mol. The van der Waals surface area contributed by atoms with Gasteiger partial charge in [-0.05, 0) is 30.4 Å². The van der Waals surface area contributed by atoms with E-state index >= 15 is 0 Å². The molecule has 3 rings (SSSR count). The predicted octanol–water partition coefficient (Wildman–Crippen LogP) is 1.49. The molecule has 30 valence electrons. The summed E-state index contributed by atoms with van der Waals surface area (Å²) in [6.45, 7) is 0. The molecule has 0 amide bonds. The van der Waals surface area contributed by atoms with Crippen molar-refractivity contribution in [1.29, 1.82) is 0 Å². The summed E-state index contributed by atoms with van der Waals surface area (Å²) in [7, 11) is 0. The number of hydrogen-bond donors (Lipinski definition) is 0. The minimum atomic E-state index is 0.917. The van der Waals surface area contributed by atoms with Crippen LogP contribution in [0.4, 0.5) is 0 Å². The highest BCUT2D eigenvalue weighted by atomic mass is 14.3. The Bertz CT molecular complexity index is 128. The largest absolute Gasteiger partial charge is 0.126 e. The van der Waals surface area contributed by atoms with Gasteiger partial charge in [-0.15, -0.1) is 5.73 Å². The molecule has 0 unspecified atom stereocenters. The van der Waals surface area contributed by atoms with Gasteiger partial charge in [-0.3, -0.25) is 0 Å². The van der Waals surface area contributed by atoms with Gasteiger partial charge < -0.3 is 0 Å². The Balaban J connectivity index is 2.57. The van der Waals surface area contributed by atoms with Crippen molar-refractivity contribution in [3.8, 4) is 0 Å². The van der Waals surface area contributed by atoms with Gasteiger partial charge in [-0.25, -0.2) is 0 Å². The summed E-state index contributed by atoms with van der Waals surface area (Å²) in [4.78, 5) is 0. The summed E-state index contributed by atoms with van der Waals surface area (Å²) in [6.07, 6.45) is 4.86. The maximum absolute atomic E-state index is 3.19. The first-order valence-corrected chi connectivity index (χ1v) is 2.40. The Kier molecular flexibility index (Phi) is 0.273. The second-order valence-electron chi connectivity index (χ2n) is 2.08. The first kappa shape index (κ1) is 2.65. The molecule has 0 atom stereocenters. The van der Waals surface area contributed by atoms with Gasteiger partial charge in [-0.1, -0.05) is 0 Å². The van der Waals surface area contributed by atoms with E-state index in [0.29, 0.717) is 0 Å². The van der Waals surface area contributed by atoms with Gasteiger partial charge in [0.25, 0.3) is 0 Å². The Morgan fingerprint density at radius 3 is 2.67 bits per heavy atom. The third-order valence-corrected chi connectivity index (χ3v) is 1.54. The minimum absolute atomic E-state index is 0.917. The van der Waals surface area contributed by atoms with Crippen molar-refractivity contribution < 1.29 is 0 Å². The van der Waals surface area contributed by atoms with Crippen molar-refractivity contribution in [2.75, 3.05) is 0 Å². The van der Waals surface area contributed by atoms with Crippen LogP contribution in [0.5, 0.6) is 0 Å². The minimum Gasteiger partial charge on any atom is -0.126 e. The quantitative estimate of drug-likeness (QED) is 0.385. The lowest BCUT2D eigenvalue weighted by Gasteiger charge is -2.16. The molecular formula is C6H6. The summed E-state index contributed by atoms with van der Waals surface area (Å²) in [6, 6.07) is 0. The Hall–Kier alpha value is -0.480. The molecule has 0 N–H and O–H groups in total. The summed E-state index contributed by atoms with van der Waals surface area (Å²) in [5.41, 5.74) is 4.73. The fourth-order valence-corrected chi connectivity index (χ4v) is 1.04. The lowest BCUT2D eigenvalue weighted by atomic mass is 9.87. The molecule has 0 heterocycles. The van der Waals surface area contributed by atoms with Crippen molar-refractivity contribution in [3.63, 3.8) is 0 Å². The maximum Gasteiger partial charge on any atom is -0.00708 e. The summed E-state index contributed by atoms with van der Waals surface area (Å²) in [5, 5.41) is 0. The topological polar surface area (TPSA) is 0 Å². The van der Waals surface area contributed by atoms with Crippen LogP contribution in [0.1, 0.15) is 12.8 Å². The molecule has 0 aromatic carbocycles. The highest BCUT2D eigenvalue weighted by molar-refractivity contribution is 5.24. The van der Waals surface area contributed by atoms with Crippen molar-refractivity contribution in [3.05, 3.63) is 17.4 Å². The first-order valence-electron chi connectivity index (χ1n) is 2.40. The lowest BCUT2D eigenvalue weighted by molar-refractivity contribution is 0.541. The predicted molar refractivity (Wildman–Crippen MR) is 24.3 cm³/mol. The third-order valence-electron chi connectivity index (χ3n) is 1.54. The summed E-state index contributed by atoms with van der Waals surface area (Å²) < 4.78 is 0. The van der Waals surface area contributed by atoms with Crippen LogP contribution in [-0.4, -0.2) is 0 Å². The van der Waals surface area contributed by atoms with E-state index in [4.69, 9.17) is 0 Å². The van der Waals surface area contributed by atoms with E-state index in [9.17, 15) is 0 Å². The normalized spacial score (nSPS) is 27.0. The van der Waals surface area contributed by atoms with E-state index in [-0.39, 0.29) is 0 Å². The lowest BCUT2D eigenvalue weighted by Crippen LogP contribution is -2.04. The van der Waals surface area contributed by atoms with Gasteiger partial charge in [0.15, 0.2) is 0 Å². The molecule has 3 aliphatic rings. The molecule has 1 fully saturated rings. The molecule has 0 aliphatic heterocycles. The van der Waals surface area contributed by atoms with E-state index in [0.717, 1.165) is 5.92 Å². The molecule has 0 radical (unpaired) electrons. The van der Waals surface area contributed by atoms with Gasteiger partial charge in [0.05, 0.1) is 0 Å². The molecule has 0 saturated heterocycles. The molecule has 6 heavy (non-hydrogen) atoms. The zero-order valence-corrected chi connectivity index (χ0v) is 3.57. The second kappa shape index (κ2) is 0.618. The summed E-state index contributed by atoms with van der Waals surface area (Å²) >= 11 is 0. The van der Waals surface area contributed by atoms with Crippen LogP contribution < -0.4 is 0 Å². The molecule has 3 aliphatic carbocycles. The molecule has 0 heteroatoms. The van der Waals surface area contributed by atoms with Crippen LogP contribution in [-0.2, 0) is 0 Å². The van der Waals surface area contributed by atoms with Crippen LogP contribution in [0.3, 0.4) is 0 Å². The van der Waals surface area contributed by atoms with Crippen LogP contribution in [0.25, 0.3) is 0 Å². The maximum atomic E-state index is 3.19. The summed E-state index contributed by atoms with van der Waals surface area (Å²) in [5.74, 6) is 0.917. The third kappa shape index (κ3) is 0.143. The SMILES string of the molecule is C1=CC2CC=1C2. The monoisotopic (exact) mass is 78.0 g/mol. The van der Waals surface area contributed by atoms with Gasteiger partial charge in [-0.2, -0.15) is 0 Å². The smallest absolute Gasteiger partial charge is 0.00708 e. The average Bonchev–Trinajstić information content (AvgIpc) is 1.72.